The molecule has 0 amide bonds. The van der Waals surface area contributed by atoms with Crippen LogP contribution in [-0.2, 0) is 10.0 Å². The van der Waals surface area contributed by atoms with Crippen LogP contribution in [-0.4, -0.2) is 18.9 Å². The normalized spacial score (nSPS) is 39.5. The zero-order valence-corrected chi connectivity index (χ0v) is 15.4. The third-order valence-corrected chi connectivity index (χ3v) is 7.89. The van der Waals surface area contributed by atoms with Crippen LogP contribution in [0.3, 0.4) is 0 Å². The Morgan fingerprint density at radius 1 is 1.12 bits per heavy atom. The first-order valence-corrected chi connectivity index (χ1v) is 10.3. The summed E-state index contributed by atoms with van der Waals surface area (Å²) in [6.07, 6.45) is 6.13. The van der Waals surface area contributed by atoms with Crippen LogP contribution in [0.25, 0.3) is 0 Å². The van der Waals surface area contributed by atoms with Crippen LogP contribution in [0.15, 0.2) is 29.2 Å². The molecule has 1 aromatic carbocycles. The Hall–Kier alpha value is -1.47. The van der Waals surface area contributed by atoms with Gasteiger partial charge in [0.2, 0.25) is 10.0 Å². The highest BCUT2D eigenvalue weighted by atomic mass is 32.2. The molecule has 4 fully saturated rings. The van der Waals surface area contributed by atoms with Crippen molar-refractivity contribution in [1.82, 2.24) is 4.72 Å². The Labute approximate surface area is 148 Å². The summed E-state index contributed by atoms with van der Waals surface area (Å²) in [6, 6.07) is 5.31. The van der Waals surface area contributed by atoms with Gasteiger partial charge in [-0.15, -0.1) is 0 Å². The van der Waals surface area contributed by atoms with E-state index in [0.29, 0.717) is 5.92 Å². The second kappa shape index (κ2) is 5.04. The highest BCUT2D eigenvalue weighted by molar-refractivity contribution is 7.89. The highest BCUT2D eigenvalue weighted by Crippen LogP contribution is 2.66. The predicted octanol–water partition coefficient (Wildman–Crippen LogP) is 3.62. The first-order chi connectivity index (χ1) is 11.5. The van der Waals surface area contributed by atoms with Crippen molar-refractivity contribution in [2.75, 3.05) is 0 Å². The topological polar surface area (TPSA) is 89.3 Å². The van der Waals surface area contributed by atoms with Crippen molar-refractivity contribution in [2.24, 2.45) is 16.7 Å². The van der Waals surface area contributed by atoms with Gasteiger partial charge in [-0.1, -0.05) is 19.9 Å². The van der Waals surface area contributed by atoms with Crippen LogP contribution in [0, 0.1) is 26.9 Å². The molecule has 4 aliphatic rings. The number of sulfonamides is 1. The van der Waals surface area contributed by atoms with Gasteiger partial charge in [0.25, 0.3) is 5.69 Å². The number of hydrogen-bond acceptors (Lipinski definition) is 4. The third-order valence-electron chi connectivity index (χ3n) is 6.32. The van der Waals surface area contributed by atoms with Crippen LogP contribution in [0.2, 0.25) is 0 Å². The summed E-state index contributed by atoms with van der Waals surface area (Å²) in [7, 11) is -3.79. The van der Waals surface area contributed by atoms with E-state index in [9.17, 15) is 18.5 Å². The number of hydrogen-bond donors (Lipinski definition) is 1. The van der Waals surface area contributed by atoms with Gasteiger partial charge in [0.1, 0.15) is 0 Å². The summed E-state index contributed by atoms with van der Waals surface area (Å²) in [4.78, 5) is 10.4. The smallest absolute Gasteiger partial charge is 0.258 e. The van der Waals surface area contributed by atoms with Crippen molar-refractivity contribution < 1.29 is 13.3 Å². The Kier molecular flexibility index (Phi) is 3.42. The molecule has 2 atom stereocenters. The maximum absolute atomic E-state index is 13.0. The predicted molar refractivity (Wildman–Crippen MR) is 93.6 cm³/mol. The number of benzene rings is 1. The summed E-state index contributed by atoms with van der Waals surface area (Å²) < 4.78 is 28.9. The molecule has 4 bridgehead atoms. The van der Waals surface area contributed by atoms with Crippen molar-refractivity contribution in [2.45, 2.75) is 62.8 Å². The molecule has 4 aliphatic carbocycles. The average molecular weight is 364 g/mol. The Bertz CT molecular complexity index is 832. The minimum atomic E-state index is -3.79. The fourth-order valence-electron chi connectivity index (χ4n) is 6.67. The maximum atomic E-state index is 13.0. The van der Waals surface area contributed by atoms with E-state index < -0.39 is 20.5 Å². The van der Waals surface area contributed by atoms with Gasteiger partial charge in [-0.05, 0) is 61.3 Å². The van der Waals surface area contributed by atoms with Crippen molar-refractivity contribution in [3.05, 3.63) is 34.4 Å². The van der Waals surface area contributed by atoms with Gasteiger partial charge in [-0.2, -0.15) is 0 Å². The molecule has 25 heavy (non-hydrogen) atoms. The van der Waals surface area contributed by atoms with Crippen molar-refractivity contribution in [3.63, 3.8) is 0 Å². The first kappa shape index (κ1) is 17.0. The van der Waals surface area contributed by atoms with E-state index in [4.69, 9.17) is 0 Å². The lowest BCUT2D eigenvalue weighted by Gasteiger charge is -2.65. The number of nitrogens with one attached hydrogen (secondary N) is 1. The molecule has 1 aromatic rings. The summed E-state index contributed by atoms with van der Waals surface area (Å²) in [6.45, 7) is 4.57. The summed E-state index contributed by atoms with van der Waals surface area (Å²) in [5.74, 6) is 0.569. The van der Waals surface area contributed by atoms with Crippen LogP contribution in [0.5, 0.6) is 0 Å². The minimum absolute atomic E-state index is 0.0206. The molecule has 6 nitrogen and oxygen atoms in total. The van der Waals surface area contributed by atoms with E-state index in [-0.39, 0.29) is 21.4 Å². The molecule has 7 heteroatoms. The summed E-state index contributed by atoms with van der Waals surface area (Å²) >= 11 is 0. The van der Waals surface area contributed by atoms with E-state index >= 15 is 0 Å². The zero-order valence-electron chi connectivity index (χ0n) is 14.6. The maximum Gasteiger partial charge on any atom is 0.270 e. The molecule has 0 saturated heterocycles. The minimum Gasteiger partial charge on any atom is -0.258 e. The van der Waals surface area contributed by atoms with E-state index in [1.165, 1.54) is 31.0 Å². The number of non-ortho nitro benzene ring substituents is 1. The molecular formula is C18H24N2O4S. The molecule has 0 radical (unpaired) electrons. The van der Waals surface area contributed by atoms with Crippen molar-refractivity contribution in [1.29, 1.82) is 0 Å². The van der Waals surface area contributed by atoms with Gasteiger partial charge in [-0.3, -0.25) is 10.1 Å². The third kappa shape index (κ3) is 2.87. The molecule has 2 unspecified atom stereocenters. The summed E-state index contributed by atoms with van der Waals surface area (Å²) in [5.41, 5.74) is -0.224. The molecule has 1 N–H and O–H groups in total. The van der Waals surface area contributed by atoms with E-state index in [2.05, 4.69) is 18.6 Å². The van der Waals surface area contributed by atoms with Crippen LogP contribution < -0.4 is 4.72 Å². The summed E-state index contributed by atoms with van der Waals surface area (Å²) in [5, 5.41) is 11.0. The zero-order chi connectivity index (χ0) is 18.1. The second-order valence-corrected chi connectivity index (χ2v) is 11.0. The lowest BCUT2D eigenvalue weighted by Crippen LogP contribution is -2.65. The van der Waals surface area contributed by atoms with Gasteiger partial charge in [-0.25, -0.2) is 13.1 Å². The highest BCUT2D eigenvalue weighted by Gasteiger charge is 2.61. The van der Waals surface area contributed by atoms with Crippen LogP contribution in [0.4, 0.5) is 5.69 Å². The number of nitro benzene ring substituents is 1. The molecule has 5 rings (SSSR count). The Morgan fingerprint density at radius 2 is 1.76 bits per heavy atom. The molecule has 0 aromatic heterocycles. The molecule has 0 spiro atoms. The van der Waals surface area contributed by atoms with E-state index in [0.717, 1.165) is 31.7 Å². The average Bonchev–Trinajstić information content (AvgIpc) is 2.42. The van der Waals surface area contributed by atoms with Crippen molar-refractivity contribution >= 4 is 15.7 Å². The van der Waals surface area contributed by atoms with Gasteiger partial charge < -0.3 is 0 Å². The van der Waals surface area contributed by atoms with Gasteiger partial charge in [0.05, 0.1) is 9.82 Å². The standard InChI is InChI=1S/C18H24N2O4S/c1-16-7-13-8-17(2,10-16)12-18(9-13,11-16)19-25(23,24)15-5-3-4-14(6-15)20(21)22/h3-6,13,19H,7-12H2,1-2H3. The lowest BCUT2D eigenvalue weighted by atomic mass is 9.43. The van der Waals surface area contributed by atoms with Gasteiger partial charge >= 0.3 is 0 Å². The SMILES string of the molecule is CC12CC3CC(C)(C1)CC(NS(=O)(=O)c1cccc([N+](=O)[O-])c1)(C3)C2. The monoisotopic (exact) mass is 364 g/mol. The fourth-order valence-corrected chi connectivity index (χ4v) is 8.12. The molecule has 0 heterocycles. The number of nitrogens with zero attached hydrogens (tertiary/aromatic N) is 1. The van der Waals surface area contributed by atoms with E-state index in [1.807, 2.05) is 0 Å². The molecular weight excluding hydrogens is 340 g/mol. The van der Waals surface area contributed by atoms with Crippen molar-refractivity contribution in [3.8, 4) is 0 Å². The molecule has 4 saturated carbocycles. The molecule has 136 valence electrons. The fraction of sp³-hybridized carbons (Fsp3) is 0.667. The molecule has 0 aliphatic heterocycles. The first-order valence-electron chi connectivity index (χ1n) is 8.81. The quantitative estimate of drug-likeness (QED) is 0.653. The van der Waals surface area contributed by atoms with E-state index in [1.54, 1.807) is 0 Å². The number of rotatable bonds is 4. The lowest BCUT2D eigenvalue weighted by molar-refractivity contribution is -0.385. The van der Waals surface area contributed by atoms with Gasteiger partial charge in [0, 0.05) is 17.7 Å². The second-order valence-electron chi connectivity index (χ2n) is 9.27. The largest absolute Gasteiger partial charge is 0.270 e. The van der Waals surface area contributed by atoms with Gasteiger partial charge in [0.15, 0.2) is 0 Å². The Balaban J connectivity index is 1.67. The Morgan fingerprint density at radius 3 is 2.32 bits per heavy atom. The van der Waals surface area contributed by atoms with Crippen LogP contribution in [0.1, 0.15) is 52.4 Å². The number of nitro groups is 1. The van der Waals surface area contributed by atoms with Crippen LogP contribution >= 0.6 is 0 Å².